The Morgan fingerprint density at radius 3 is 2.44 bits per heavy atom. The van der Waals surface area contributed by atoms with Crippen LogP contribution in [0.3, 0.4) is 0 Å². The first-order chi connectivity index (χ1) is 15.0. The molecule has 0 spiro atoms. The first-order valence-electron chi connectivity index (χ1n) is 11.3. The van der Waals surface area contributed by atoms with Crippen molar-refractivity contribution < 1.29 is 23.5 Å². The zero-order valence-corrected chi connectivity index (χ0v) is 19.6. The molecule has 7 heteroatoms. The number of rotatable bonds is 6. The molecule has 0 unspecified atom stereocenters. The Morgan fingerprint density at radius 2 is 1.78 bits per heavy atom. The van der Waals surface area contributed by atoms with Crippen molar-refractivity contribution in [2.75, 3.05) is 0 Å². The minimum atomic E-state index is -0.849. The van der Waals surface area contributed by atoms with Crippen LogP contribution in [0.2, 0.25) is 0 Å². The van der Waals surface area contributed by atoms with Gasteiger partial charge in [0.15, 0.2) is 0 Å². The number of amides is 1. The Hall–Kier alpha value is -2.83. The Bertz CT molecular complexity index is 1050. The fourth-order valence-corrected chi connectivity index (χ4v) is 3.88. The number of benzene rings is 1. The van der Waals surface area contributed by atoms with Crippen LogP contribution in [0.1, 0.15) is 71.4 Å². The van der Waals surface area contributed by atoms with E-state index < -0.39 is 23.7 Å². The fourth-order valence-electron chi connectivity index (χ4n) is 3.88. The predicted octanol–water partition coefficient (Wildman–Crippen LogP) is 4.91. The third-order valence-electron chi connectivity index (χ3n) is 5.42. The number of aryl methyl sites for hydroxylation is 1. The van der Waals surface area contributed by atoms with Gasteiger partial charge in [-0.2, -0.15) is 0 Å². The molecule has 0 saturated heterocycles. The molecule has 32 heavy (non-hydrogen) atoms. The second-order valence-corrected chi connectivity index (χ2v) is 9.80. The molecule has 1 aromatic heterocycles. The van der Waals surface area contributed by atoms with Crippen molar-refractivity contribution in [3.63, 3.8) is 0 Å². The monoisotopic (exact) mass is 443 g/mol. The van der Waals surface area contributed by atoms with Gasteiger partial charge in [-0.1, -0.05) is 13.8 Å². The summed E-state index contributed by atoms with van der Waals surface area (Å²) in [4.78, 5) is 37.5. The summed E-state index contributed by atoms with van der Waals surface area (Å²) in [5.74, 6) is 0.0324. The second-order valence-electron chi connectivity index (χ2n) is 9.80. The van der Waals surface area contributed by atoms with E-state index in [0.29, 0.717) is 17.9 Å². The van der Waals surface area contributed by atoms with Gasteiger partial charge in [0.2, 0.25) is 0 Å². The van der Waals surface area contributed by atoms with Crippen LogP contribution in [-0.4, -0.2) is 23.7 Å². The summed E-state index contributed by atoms with van der Waals surface area (Å²) < 4.78 is 16.4. The summed E-state index contributed by atoms with van der Waals surface area (Å²) in [5, 5.41) is 3.50. The molecule has 1 aromatic carbocycles. The molecule has 2 aromatic rings. The quantitative estimate of drug-likeness (QED) is 0.387. The highest BCUT2D eigenvalue weighted by Gasteiger charge is 2.26. The predicted molar refractivity (Wildman–Crippen MR) is 122 cm³/mol. The molecule has 3 rings (SSSR count). The van der Waals surface area contributed by atoms with Gasteiger partial charge in [0.05, 0.1) is 0 Å². The molecule has 0 radical (unpaired) electrons. The van der Waals surface area contributed by atoms with Crippen molar-refractivity contribution in [1.29, 1.82) is 0 Å². The lowest BCUT2D eigenvalue weighted by molar-refractivity contribution is -0.137. The molecule has 1 N–H and O–H groups in total. The Labute approximate surface area is 188 Å². The van der Waals surface area contributed by atoms with Crippen LogP contribution in [0, 0.1) is 5.92 Å². The maximum atomic E-state index is 12.9. The highest BCUT2D eigenvalue weighted by atomic mass is 16.6. The van der Waals surface area contributed by atoms with Gasteiger partial charge in [-0.05, 0) is 82.9 Å². The maximum Gasteiger partial charge on any atom is 0.408 e. The first kappa shape index (κ1) is 23.8. The van der Waals surface area contributed by atoms with Gasteiger partial charge >= 0.3 is 17.7 Å². The van der Waals surface area contributed by atoms with E-state index in [4.69, 9.17) is 13.9 Å². The average Bonchev–Trinajstić information content (AvgIpc) is 2.69. The molecule has 174 valence electrons. The lowest BCUT2D eigenvalue weighted by Gasteiger charge is -2.23. The molecule has 1 atom stereocenters. The van der Waals surface area contributed by atoms with Crippen LogP contribution in [0.5, 0.6) is 5.75 Å². The average molecular weight is 444 g/mol. The molecule has 1 heterocycles. The Balaban J connectivity index is 1.79. The van der Waals surface area contributed by atoms with Crippen LogP contribution >= 0.6 is 0 Å². The fraction of sp³-hybridized carbons (Fsp3) is 0.560. The van der Waals surface area contributed by atoms with Crippen LogP contribution < -0.4 is 15.7 Å². The van der Waals surface area contributed by atoms with Crippen molar-refractivity contribution in [3.05, 3.63) is 39.7 Å². The standard InChI is InChI=1S/C25H33NO6/c1-15(2)10-13-20(26-24(29)32-25(3,4)5)23(28)30-16-11-12-18-17-8-6-7-9-19(17)22(27)31-21(18)14-16/h11-12,14-15,20H,6-10,13H2,1-5H3,(H,26,29)/t20-/m1/s1. The highest BCUT2D eigenvalue weighted by molar-refractivity contribution is 5.86. The Morgan fingerprint density at radius 1 is 1.09 bits per heavy atom. The van der Waals surface area contributed by atoms with Crippen LogP contribution in [0.15, 0.2) is 27.4 Å². The van der Waals surface area contributed by atoms with Crippen molar-refractivity contribution in [3.8, 4) is 5.75 Å². The third kappa shape index (κ3) is 6.11. The number of alkyl carbamates (subject to hydrolysis) is 1. The molecule has 1 aliphatic carbocycles. The largest absolute Gasteiger partial charge is 0.444 e. The van der Waals surface area contributed by atoms with Crippen molar-refractivity contribution in [2.45, 2.75) is 84.8 Å². The molecule has 0 fully saturated rings. The van der Waals surface area contributed by atoms with Gasteiger partial charge < -0.3 is 19.2 Å². The number of fused-ring (bicyclic) bond motifs is 3. The second kappa shape index (κ2) is 9.76. The van der Waals surface area contributed by atoms with E-state index in [9.17, 15) is 14.4 Å². The summed E-state index contributed by atoms with van der Waals surface area (Å²) in [6, 6.07) is 4.24. The highest BCUT2D eigenvalue weighted by Crippen LogP contribution is 2.29. The first-order valence-corrected chi connectivity index (χ1v) is 11.3. The number of nitrogens with one attached hydrogen (secondary N) is 1. The minimum Gasteiger partial charge on any atom is -0.444 e. The normalized spacial score (nSPS) is 14.7. The third-order valence-corrected chi connectivity index (χ3v) is 5.42. The molecular weight excluding hydrogens is 410 g/mol. The molecule has 7 nitrogen and oxygen atoms in total. The SMILES string of the molecule is CC(C)CC[C@@H](NC(=O)OC(C)(C)C)C(=O)Oc1ccc2c3c(c(=O)oc2c1)CCCC3. The molecule has 0 aliphatic heterocycles. The number of carbonyl (C=O) groups excluding carboxylic acids is 2. The van der Waals surface area contributed by atoms with E-state index in [2.05, 4.69) is 5.32 Å². The molecule has 1 aliphatic rings. The topological polar surface area (TPSA) is 94.8 Å². The smallest absolute Gasteiger partial charge is 0.408 e. The summed E-state index contributed by atoms with van der Waals surface area (Å²) >= 11 is 0. The number of ether oxygens (including phenoxy) is 2. The van der Waals surface area contributed by atoms with E-state index >= 15 is 0 Å². The number of hydrogen-bond acceptors (Lipinski definition) is 6. The van der Waals surface area contributed by atoms with E-state index in [1.54, 1.807) is 32.9 Å². The lowest BCUT2D eigenvalue weighted by atomic mass is 9.91. The van der Waals surface area contributed by atoms with Crippen molar-refractivity contribution in [1.82, 2.24) is 5.32 Å². The van der Waals surface area contributed by atoms with Crippen molar-refractivity contribution >= 4 is 23.0 Å². The Kier molecular flexibility index (Phi) is 7.26. The molecule has 1 amide bonds. The number of esters is 1. The van der Waals surface area contributed by atoms with Gasteiger partial charge in [0.25, 0.3) is 0 Å². The maximum absolute atomic E-state index is 12.9. The summed E-state index contributed by atoms with van der Waals surface area (Å²) in [6.07, 6.45) is 4.09. The van der Waals surface area contributed by atoms with E-state index in [0.717, 1.165) is 48.6 Å². The van der Waals surface area contributed by atoms with E-state index in [1.165, 1.54) is 0 Å². The van der Waals surface area contributed by atoms with E-state index in [-0.39, 0.29) is 11.4 Å². The van der Waals surface area contributed by atoms with Gasteiger partial charge in [0.1, 0.15) is 23.0 Å². The summed E-state index contributed by atoms with van der Waals surface area (Å²) in [5.41, 5.74) is 1.19. The summed E-state index contributed by atoms with van der Waals surface area (Å²) in [6.45, 7) is 9.37. The zero-order valence-electron chi connectivity index (χ0n) is 19.6. The lowest BCUT2D eigenvalue weighted by Crippen LogP contribution is -2.45. The molecule has 0 bridgehead atoms. The summed E-state index contributed by atoms with van der Waals surface area (Å²) in [7, 11) is 0. The van der Waals surface area contributed by atoms with Gasteiger partial charge in [-0.3, -0.25) is 0 Å². The van der Waals surface area contributed by atoms with Gasteiger partial charge in [-0.25, -0.2) is 14.4 Å². The van der Waals surface area contributed by atoms with Gasteiger partial charge in [-0.15, -0.1) is 0 Å². The molecule has 0 saturated carbocycles. The number of carbonyl (C=O) groups is 2. The van der Waals surface area contributed by atoms with Crippen LogP contribution in [0.25, 0.3) is 11.0 Å². The van der Waals surface area contributed by atoms with E-state index in [1.807, 2.05) is 19.9 Å². The van der Waals surface area contributed by atoms with Gasteiger partial charge in [0, 0.05) is 17.0 Å². The van der Waals surface area contributed by atoms with Crippen molar-refractivity contribution in [2.24, 2.45) is 5.92 Å². The van der Waals surface area contributed by atoms with Crippen LogP contribution in [0.4, 0.5) is 4.79 Å². The minimum absolute atomic E-state index is 0.266. The zero-order chi connectivity index (χ0) is 23.5. The van der Waals surface area contributed by atoms with Crippen LogP contribution in [-0.2, 0) is 22.4 Å². The number of hydrogen-bond donors (Lipinski definition) is 1. The molecular formula is C25H33NO6.